The average molecular weight is 377 g/mol. The zero-order valence-electron chi connectivity index (χ0n) is 16.5. The first-order valence-electron chi connectivity index (χ1n) is 10.5. The predicted molar refractivity (Wildman–Crippen MR) is 109 cm³/mol. The summed E-state index contributed by atoms with van der Waals surface area (Å²) in [6, 6.07) is 12.3. The van der Waals surface area contributed by atoms with Gasteiger partial charge in [-0.2, -0.15) is 0 Å². The molecule has 0 saturated heterocycles. The molecule has 4 aliphatic carbocycles. The van der Waals surface area contributed by atoms with Gasteiger partial charge in [0.2, 0.25) is 0 Å². The molecule has 4 bridgehead atoms. The third-order valence-corrected chi connectivity index (χ3v) is 7.06. The number of pyridine rings is 1. The van der Waals surface area contributed by atoms with E-state index in [-0.39, 0.29) is 12.5 Å². The number of amides is 1. The van der Waals surface area contributed by atoms with Gasteiger partial charge in [0.15, 0.2) is 6.61 Å². The lowest BCUT2D eigenvalue weighted by Crippen LogP contribution is -2.48. The minimum absolute atomic E-state index is 0.00761. The van der Waals surface area contributed by atoms with Gasteiger partial charge in [-0.25, -0.2) is 4.98 Å². The van der Waals surface area contributed by atoms with Gasteiger partial charge in [0.05, 0.1) is 0 Å². The standard InChI is InChI=1S/C24H28N2O2/c1-16-6-7-25-22(8-16)26-23(27)15-28-21-4-2-20(3-5-21)24-12-17-9-18(13-24)11-19(10-17)14-24/h2-8,17-19H,9-15H2,1H3,(H,25,26,27). The van der Waals surface area contributed by atoms with Crippen LogP contribution in [-0.4, -0.2) is 17.5 Å². The van der Waals surface area contributed by atoms with Gasteiger partial charge < -0.3 is 10.1 Å². The molecule has 28 heavy (non-hydrogen) atoms. The summed E-state index contributed by atoms with van der Waals surface area (Å²) in [4.78, 5) is 16.3. The number of carbonyl (C=O) groups excluding carboxylic acids is 1. The molecule has 0 spiro atoms. The number of hydrogen-bond donors (Lipinski definition) is 1. The van der Waals surface area contributed by atoms with E-state index in [1.165, 1.54) is 44.1 Å². The summed E-state index contributed by atoms with van der Waals surface area (Å²) in [5.41, 5.74) is 2.94. The monoisotopic (exact) mass is 376 g/mol. The highest BCUT2D eigenvalue weighted by molar-refractivity contribution is 5.91. The number of rotatable bonds is 5. The number of hydrogen-bond acceptors (Lipinski definition) is 3. The van der Waals surface area contributed by atoms with Crippen molar-refractivity contribution >= 4 is 11.7 Å². The van der Waals surface area contributed by atoms with Crippen LogP contribution in [0.3, 0.4) is 0 Å². The van der Waals surface area contributed by atoms with Crippen molar-refractivity contribution in [1.82, 2.24) is 4.98 Å². The molecule has 0 radical (unpaired) electrons. The quantitative estimate of drug-likeness (QED) is 0.809. The van der Waals surface area contributed by atoms with Crippen LogP contribution in [0.25, 0.3) is 0 Å². The molecule has 0 unspecified atom stereocenters. The largest absolute Gasteiger partial charge is 0.484 e. The van der Waals surface area contributed by atoms with Crippen molar-refractivity contribution in [2.24, 2.45) is 17.8 Å². The fraction of sp³-hybridized carbons (Fsp3) is 0.500. The first kappa shape index (κ1) is 17.7. The Hall–Kier alpha value is -2.36. The Kier molecular flexibility index (Phi) is 4.37. The van der Waals surface area contributed by atoms with Crippen LogP contribution in [0, 0.1) is 24.7 Å². The van der Waals surface area contributed by atoms with Crippen molar-refractivity contribution in [1.29, 1.82) is 0 Å². The van der Waals surface area contributed by atoms with Crippen LogP contribution in [0.5, 0.6) is 5.75 Å². The van der Waals surface area contributed by atoms with E-state index in [0.29, 0.717) is 11.2 Å². The van der Waals surface area contributed by atoms with Gasteiger partial charge in [0, 0.05) is 6.20 Å². The molecule has 4 fully saturated rings. The van der Waals surface area contributed by atoms with E-state index in [9.17, 15) is 4.79 Å². The van der Waals surface area contributed by atoms with E-state index in [1.807, 2.05) is 31.2 Å². The van der Waals surface area contributed by atoms with E-state index in [0.717, 1.165) is 29.1 Å². The van der Waals surface area contributed by atoms with Crippen molar-refractivity contribution in [3.05, 3.63) is 53.7 Å². The minimum atomic E-state index is -0.191. The summed E-state index contributed by atoms with van der Waals surface area (Å²) in [5.74, 6) is 3.96. The molecule has 1 amide bonds. The Morgan fingerprint density at radius 1 is 1.07 bits per heavy atom. The number of ether oxygens (including phenoxy) is 1. The molecular formula is C24H28N2O2. The van der Waals surface area contributed by atoms with Crippen molar-refractivity contribution in [2.75, 3.05) is 11.9 Å². The summed E-state index contributed by atoms with van der Waals surface area (Å²) < 4.78 is 5.70. The molecule has 4 saturated carbocycles. The lowest BCUT2D eigenvalue weighted by molar-refractivity contribution is -0.118. The Balaban J connectivity index is 1.21. The maximum atomic E-state index is 12.1. The van der Waals surface area contributed by atoms with Gasteiger partial charge in [0.1, 0.15) is 11.6 Å². The predicted octanol–water partition coefficient (Wildman–Crippen LogP) is 4.88. The molecule has 4 aliphatic rings. The first-order chi connectivity index (χ1) is 13.6. The zero-order chi connectivity index (χ0) is 19.1. The summed E-state index contributed by atoms with van der Waals surface area (Å²) in [5, 5.41) is 2.78. The van der Waals surface area contributed by atoms with Crippen LogP contribution >= 0.6 is 0 Å². The lowest BCUT2D eigenvalue weighted by atomic mass is 9.48. The van der Waals surface area contributed by atoms with Gasteiger partial charge in [-0.05, 0) is 104 Å². The summed E-state index contributed by atoms with van der Waals surface area (Å²) in [7, 11) is 0. The average Bonchev–Trinajstić information content (AvgIpc) is 2.66. The van der Waals surface area contributed by atoms with Crippen molar-refractivity contribution in [3.63, 3.8) is 0 Å². The number of anilines is 1. The van der Waals surface area contributed by atoms with Crippen LogP contribution < -0.4 is 10.1 Å². The number of carbonyl (C=O) groups is 1. The lowest BCUT2D eigenvalue weighted by Gasteiger charge is -2.57. The molecule has 1 heterocycles. The number of aryl methyl sites for hydroxylation is 1. The molecule has 1 aromatic heterocycles. The van der Waals surface area contributed by atoms with Gasteiger partial charge in [-0.15, -0.1) is 0 Å². The van der Waals surface area contributed by atoms with Crippen molar-refractivity contribution in [2.45, 2.75) is 50.9 Å². The minimum Gasteiger partial charge on any atom is -0.484 e. The SMILES string of the molecule is Cc1ccnc(NC(=O)COc2ccc(C34CC5CC(CC(C5)C3)C4)cc2)c1. The molecule has 0 atom stereocenters. The summed E-state index contributed by atoms with van der Waals surface area (Å²) in [6.07, 6.45) is 10.2. The highest BCUT2D eigenvalue weighted by Crippen LogP contribution is 2.60. The molecule has 4 nitrogen and oxygen atoms in total. The van der Waals surface area contributed by atoms with Crippen LogP contribution in [-0.2, 0) is 10.2 Å². The highest BCUT2D eigenvalue weighted by atomic mass is 16.5. The molecule has 1 N–H and O–H groups in total. The third-order valence-electron chi connectivity index (χ3n) is 7.06. The molecule has 6 rings (SSSR count). The van der Waals surface area contributed by atoms with Gasteiger partial charge in [-0.1, -0.05) is 12.1 Å². The maximum absolute atomic E-state index is 12.1. The second-order valence-electron chi connectivity index (χ2n) is 9.28. The molecule has 146 valence electrons. The number of aromatic nitrogens is 1. The second-order valence-corrected chi connectivity index (χ2v) is 9.28. The fourth-order valence-corrected chi connectivity index (χ4v) is 6.30. The number of nitrogens with zero attached hydrogens (tertiary/aromatic N) is 1. The number of benzene rings is 1. The second kappa shape index (κ2) is 6.91. The van der Waals surface area contributed by atoms with Gasteiger partial charge in [0.25, 0.3) is 5.91 Å². The smallest absolute Gasteiger partial charge is 0.263 e. The van der Waals surface area contributed by atoms with E-state index in [2.05, 4.69) is 22.4 Å². The van der Waals surface area contributed by atoms with Crippen molar-refractivity contribution < 1.29 is 9.53 Å². The molecule has 4 heteroatoms. The first-order valence-corrected chi connectivity index (χ1v) is 10.5. The van der Waals surface area contributed by atoms with Gasteiger partial charge in [-0.3, -0.25) is 4.79 Å². The molecular weight excluding hydrogens is 348 g/mol. The van der Waals surface area contributed by atoms with Crippen LogP contribution in [0.15, 0.2) is 42.6 Å². The molecule has 0 aliphatic heterocycles. The fourth-order valence-electron chi connectivity index (χ4n) is 6.30. The molecule has 2 aromatic rings. The van der Waals surface area contributed by atoms with Crippen LogP contribution in [0.4, 0.5) is 5.82 Å². The van der Waals surface area contributed by atoms with Crippen LogP contribution in [0.1, 0.15) is 49.7 Å². The Bertz CT molecular complexity index is 839. The normalized spacial score (nSPS) is 30.2. The highest BCUT2D eigenvalue weighted by Gasteiger charge is 2.51. The van der Waals surface area contributed by atoms with E-state index < -0.39 is 0 Å². The van der Waals surface area contributed by atoms with E-state index in [1.54, 1.807) is 6.20 Å². The Labute approximate surface area is 166 Å². The Morgan fingerprint density at radius 3 is 2.32 bits per heavy atom. The Morgan fingerprint density at radius 2 is 1.71 bits per heavy atom. The third kappa shape index (κ3) is 3.41. The van der Waals surface area contributed by atoms with Crippen molar-refractivity contribution in [3.8, 4) is 5.75 Å². The van der Waals surface area contributed by atoms with E-state index in [4.69, 9.17) is 4.74 Å². The van der Waals surface area contributed by atoms with E-state index >= 15 is 0 Å². The zero-order valence-corrected chi connectivity index (χ0v) is 16.5. The molecule has 1 aromatic carbocycles. The topological polar surface area (TPSA) is 51.2 Å². The van der Waals surface area contributed by atoms with Crippen LogP contribution in [0.2, 0.25) is 0 Å². The summed E-state index contributed by atoms with van der Waals surface area (Å²) >= 11 is 0. The summed E-state index contributed by atoms with van der Waals surface area (Å²) in [6.45, 7) is 1.96. The number of nitrogens with one attached hydrogen (secondary N) is 1. The van der Waals surface area contributed by atoms with Gasteiger partial charge >= 0.3 is 0 Å². The maximum Gasteiger partial charge on any atom is 0.263 e.